The molecule has 37 heavy (non-hydrogen) atoms. The van der Waals surface area contributed by atoms with Gasteiger partial charge in [-0.25, -0.2) is 0 Å². The summed E-state index contributed by atoms with van der Waals surface area (Å²) in [5.74, 6) is 1.01. The van der Waals surface area contributed by atoms with Crippen LogP contribution in [0.25, 0.3) is 22.3 Å². The molecule has 2 heterocycles. The third-order valence-electron chi connectivity index (χ3n) is 7.92. The molecule has 1 fully saturated rings. The van der Waals surface area contributed by atoms with Crippen LogP contribution in [-0.2, 0) is 0 Å². The van der Waals surface area contributed by atoms with Crippen LogP contribution in [0.1, 0.15) is 77.6 Å². The molecule has 2 unspecified atom stereocenters. The molecule has 0 spiro atoms. The van der Waals surface area contributed by atoms with E-state index in [9.17, 15) is 0 Å². The van der Waals surface area contributed by atoms with E-state index in [2.05, 4.69) is 76.2 Å². The van der Waals surface area contributed by atoms with E-state index in [-0.39, 0.29) is 0 Å². The summed E-state index contributed by atoms with van der Waals surface area (Å²) in [5.41, 5.74) is 11.5. The Labute approximate surface area is 231 Å². The van der Waals surface area contributed by atoms with Crippen LogP contribution in [0, 0.1) is 27.7 Å². The molecule has 2 aromatic carbocycles. The van der Waals surface area contributed by atoms with Crippen molar-refractivity contribution < 1.29 is 0 Å². The first kappa shape index (κ1) is 25.9. The predicted molar refractivity (Wildman–Crippen MR) is 157 cm³/mol. The number of hydrogen-bond donors (Lipinski definition) is 0. The molecule has 4 aromatic rings. The van der Waals surface area contributed by atoms with Crippen molar-refractivity contribution in [3.8, 4) is 22.3 Å². The van der Waals surface area contributed by atoms with Crippen LogP contribution in [0.15, 0.2) is 60.9 Å². The largest absolute Gasteiger partial charge is 0.260 e. The van der Waals surface area contributed by atoms with E-state index < -0.39 is 0 Å². The fourth-order valence-electron chi connectivity index (χ4n) is 5.75. The second-order valence-corrected chi connectivity index (χ2v) is 11.4. The van der Waals surface area contributed by atoms with Crippen LogP contribution in [0.2, 0.25) is 10.0 Å². The van der Waals surface area contributed by atoms with Crippen LogP contribution < -0.4 is 0 Å². The van der Waals surface area contributed by atoms with Gasteiger partial charge in [0.2, 0.25) is 0 Å². The maximum atomic E-state index is 6.36. The van der Waals surface area contributed by atoms with Crippen molar-refractivity contribution in [3.05, 3.63) is 105 Å². The van der Waals surface area contributed by atoms with E-state index in [0.29, 0.717) is 11.8 Å². The van der Waals surface area contributed by atoms with E-state index in [1.165, 1.54) is 41.8 Å². The predicted octanol–water partition coefficient (Wildman–Crippen LogP) is 10.2. The summed E-state index contributed by atoms with van der Waals surface area (Å²) >= 11 is 12.7. The summed E-state index contributed by atoms with van der Waals surface area (Å²) in [5, 5.41) is 1.70. The summed E-state index contributed by atoms with van der Waals surface area (Å²) in [4.78, 5) is 9.81. The number of hydrogen-bond acceptors (Lipinski definition) is 2. The van der Waals surface area contributed by atoms with Crippen LogP contribution in [0.4, 0.5) is 0 Å². The molecule has 0 amide bonds. The van der Waals surface area contributed by atoms with Crippen molar-refractivity contribution >= 4 is 23.2 Å². The second kappa shape index (κ2) is 11.0. The van der Waals surface area contributed by atoms with E-state index in [4.69, 9.17) is 33.2 Å². The first-order valence-corrected chi connectivity index (χ1v) is 14.0. The van der Waals surface area contributed by atoms with Gasteiger partial charge in [0, 0.05) is 56.8 Å². The lowest BCUT2D eigenvalue weighted by molar-refractivity contribution is 0.558. The Kier molecular flexibility index (Phi) is 7.70. The van der Waals surface area contributed by atoms with Gasteiger partial charge in [0.15, 0.2) is 0 Å². The smallest absolute Gasteiger partial charge is 0.0464 e. The molecule has 1 aliphatic carbocycles. The minimum Gasteiger partial charge on any atom is -0.260 e. The van der Waals surface area contributed by atoms with Gasteiger partial charge in [0.1, 0.15) is 0 Å². The van der Waals surface area contributed by atoms with Gasteiger partial charge in [-0.05, 0) is 123 Å². The average Bonchev–Trinajstić information content (AvgIpc) is 3.16. The average molecular weight is 530 g/mol. The number of aryl methyl sites for hydroxylation is 4. The lowest BCUT2D eigenvalue weighted by Gasteiger charge is -2.16. The Morgan fingerprint density at radius 1 is 0.541 bits per heavy atom. The van der Waals surface area contributed by atoms with Crippen molar-refractivity contribution in [1.29, 1.82) is 0 Å². The molecule has 2 atom stereocenters. The zero-order valence-electron chi connectivity index (χ0n) is 22.1. The van der Waals surface area contributed by atoms with Crippen molar-refractivity contribution in [2.24, 2.45) is 0 Å². The van der Waals surface area contributed by atoms with Crippen LogP contribution >= 0.6 is 23.2 Å². The van der Waals surface area contributed by atoms with Gasteiger partial charge >= 0.3 is 0 Å². The van der Waals surface area contributed by atoms with Crippen LogP contribution in [0.5, 0.6) is 0 Å². The first-order valence-electron chi connectivity index (χ1n) is 13.3. The Hall–Kier alpha value is -2.68. The molecule has 0 bridgehead atoms. The molecule has 1 aliphatic rings. The topological polar surface area (TPSA) is 25.8 Å². The summed E-state index contributed by atoms with van der Waals surface area (Å²) < 4.78 is 0. The van der Waals surface area contributed by atoms with Gasteiger partial charge in [-0.3, -0.25) is 9.97 Å². The van der Waals surface area contributed by atoms with Gasteiger partial charge in [0.25, 0.3) is 0 Å². The normalized spacial score (nSPS) is 18.0. The summed E-state index contributed by atoms with van der Waals surface area (Å²) in [6.45, 7) is 8.24. The highest BCUT2D eigenvalue weighted by Gasteiger charge is 2.23. The third kappa shape index (κ3) is 5.61. The van der Waals surface area contributed by atoms with Gasteiger partial charge in [-0.2, -0.15) is 0 Å². The zero-order valence-corrected chi connectivity index (χ0v) is 23.6. The molecule has 2 nitrogen and oxygen atoms in total. The van der Waals surface area contributed by atoms with Gasteiger partial charge in [0.05, 0.1) is 0 Å². The molecule has 0 saturated heterocycles. The monoisotopic (exact) mass is 528 g/mol. The lowest BCUT2D eigenvalue weighted by Crippen LogP contribution is -2.02. The number of nitrogens with zero attached hydrogens (tertiary/aromatic N) is 2. The van der Waals surface area contributed by atoms with E-state index in [1.807, 2.05) is 12.4 Å². The molecule has 0 N–H and O–H groups in total. The van der Waals surface area contributed by atoms with Crippen molar-refractivity contribution in [1.82, 2.24) is 9.97 Å². The third-order valence-corrected chi connectivity index (χ3v) is 9.11. The zero-order chi connectivity index (χ0) is 26.1. The van der Waals surface area contributed by atoms with E-state index in [1.54, 1.807) is 0 Å². The Morgan fingerprint density at radius 3 is 1.24 bits per heavy atom. The molecule has 1 saturated carbocycles. The van der Waals surface area contributed by atoms with E-state index in [0.717, 1.165) is 56.3 Å². The summed E-state index contributed by atoms with van der Waals surface area (Å²) in [6.07, 6.45) is 9.92. The number of halogens is 2. The maximum absolute atomic E-state index is 6.36. The van der Waals surface area contributed by atoms with Gasteiger partial charge in [-0.1, -0.05) is 41.8 Å². The molecule has 0 radical (unpaired) electrons. The fourth-order valence-corrected chi connectivity index (χ4v) is 5.97. The first-order chi connectivity index (χ1) is 17.8. The number of benzene rings is 2. The fraction of sp³-hybridized carbons (Fsp3) is 0.333. The summed E-state index contributed by atoms with van der Waals surface area (Å²) in [6, 6.07) is 17.5. The van der Waals surface area contributed by atoms with Crippen molar-refractivity contribution in [2.75, 3.05) is 0 Å². The van der Waals surface area contributed by atoms with Crippen LogP contribution in [-0.4, -0.2) is 9.97 Å². The minimum absolute atomic E-state index is 0.507. The highest BCUT2D eigenvalue weighted by molar-refractivity contribution is 6.32. The van der Waals surface area contributed by atoms with Gasteiger partial charge in [-0.15, -0.1) is 0 Å². The quantitative estimate of drug-likeness (QED) is 0.246. The van der Waals surface area contributed by atoms with E-state index >= 15 is 0 Å². The molecular weight excluding hydrogens is 495 g/mol. The number of pyridine rings is 2. The van der Waals surface area contributed by atoms with Crippen LogP contribution in [0.3, 0.4) is 0 Å². The Balaban J connectivity index is 1.26. The molecule has 0 aliphatic heterocycles. The molecule has 2 aromatic heterocycles. The molecule has 5 rings (SSSR count). The Morgan fingerprint density at radius 2 is 0.919 bits per heavy atom. The van der Waals surface area contributed by atoms with Gasteiger partial charge < -0.3 is 0 Å². The standard InChI is InChI=1S/C33H34Cl2N2/c1-20-14-28(15-21(2)32(20)34)26-10-12-30(36-18-26)24-6-5-7-25(9-8-24)31-13-11-27(19-37-31)29-16-22(3)33(35)23(4)17-29/h10-19,24-25H,5-9H2,1-4H3. The minimum atomic E-state index is 0.507. The molecule has 4 heteroatoms. The molecular formula is C33H34Cl2N2. The highest BCUT2D eigenvalue weighted by Crippen LogP contribution is 2.38. The lowest BCUT2D eigenvalue weighted by atomic mass is 9.92. The second-order valence-electron chi connectivity index (χ2n) is 10.7. The summed E-state index contributed by atoms with van der Waals surface area (Å²) in [7, 11) is 0. The van der Waals surface area contributed by atoms with Crippen molar-refractivity contribution in [2.45, 2.75) is 71.6 Å². The van der Waals surface area contributed by atoms with Crippen molar-refractivity contribution in [3.63, 3.8) is 0 Å². The Bertz CT molecular complexity index is 1250. The number of aromatic nitrogens is 2. The number of rotatable bonds is 4. The highest BCUT2D eigenvalue weighted by atomic mass is 35.5. The maximum Gasteiger partial charge on any atom is 0.0464 e. The SMILES string of the molecule is Cc1cc(-c2ccc(C3CCCC(c4ccc(-c5cc(C)c(Cl)c(C)c5)cn4)CC3)nc2)cc(C)c1Cl. The molecule has 190 valence electrons.